The van der Waals surface area contributed by atoms with Crippen LogP contribution in [0.15, 0.2) is 0 Å². The molecule has 2 atom stereocenters. The SMILES string of the molecule is C[C@@H]1C[N-]C[C@@H](C)O1. The highest BCUT2D eigenvalue weighted by Gasteiger charge is 2.05. The Hall–Kier alpha value is -0.0800. The molecule has 0 bridgehead atoms. The van der Waals surface area contributed by atoms with Gasteiger partial charge in [-0.15, -0.1) is 13.1 Å². The quantitative estimate of drug-likeness (QED) is 0.463. The lowest BCUT2D eigenvalue weighted by Crippen LogP contribution is -2.28. The molecular weight excluding hydrogens is 102 g/mol. The molecule has 1 heterocycles. The van der Waals surface area contributed by atoms with Gasteiger partial charge in [-0.25, -0.2) is 0 Å². The molecule has 8 heavy (non-hydrogen) atoms. The molecule has 0 aromatic rings. The number of nitrogens with zero attached hydrogens (tertiary/aromatic N) is 1. The van der Waals surface area contributed by atoms with Crippen molar-refractivity contribution in [1.82, 2.24) is 0 Å². The maximum absolute atomic E-state index is 5.39. The van der Waals surface area contributed by atoms with E-state index in [9.17, 15) is 0 Å². The molecule has 1 rings (SSSR count). The molecule has 0 aromatic heterocycles. The summed E-state index contributed by atoms with van der Waals surface area (Å²) in [5.74, 6) is 0. The van der Waals surface area contributed by atoms with Gasteiger partial charge in [-0.1, -0.05) is 0 Å². The van der Waals surface area contributed by atoms with E-state index in [1.165, 1.54) is 0 Å². The summed E-state index contributed by atoms with van der Waals surface area (Å²) in [6.07, 6.45) is 0.692. The molecule has 1 aliphatic heterocycles. The minimum Gasteiger partial charge on any atom is -0.658 e. The molecule has 0 amide bonds. The van der Waals surface area contributed by atoms with Gasteiger partial charge in [0, 0.05) is 12.2 Å². The van der Waals surface area contributed by atoms with Gasteiger partial charge < -0.3 is 10.1 Å². The minimum absolute atomic E-state index is 0.346. The van der Waals surface area contributed by atoms with Crippen molar-refractivity contribution < 1.29 is 4.74 Å². The van der Waals surface area contributed by atoms with Crippen LogP contribution in [0.2, 0.25) is 0 Å². The number of ether oxygens (including phenoxy) is 1. The number of hydrogen-bond donors (Lipinski definition) is 0. The van der Waals surface area contributed by atoms with E-state index in [0.717, 1.165) is 13.1 Å². The molecule has 1 fully saturated rings. The molecule has 0 radical (unpaired) electrons. The van der Waals surface area contributed by atoms with Crippen molar-refractivity contribution in [2.45, 2.75) is 26.1 Å². The van der Waals surface area contributed by atoms with Gasteiger partial charge in [-0.05, 0) is 13.8 Å². The molecule has 1 saturated heterocycles. The Morgan fingerprint density at radius 3 is 2.00 bits per heavy atom. The fourth-order valence-electron chi connectivity index (χ4n) is 0.921. The summed E-state index contributed by atoms with van der Waals surface area (Å²) in [6.45, 7) is 5.87. The van der Waals surface area contributed by atoms with Crippen molar-refractivity contribution >= 4 is 0 Å². The van der Waals surface area contributed by atoms with E-state index in [1.54, 1.807) is 0 Å². The van der Waals surface area contributed by atoms with E-state index in [4.69, 9.17) is 4.74 Å². The molecule has 2 nitrogen and oxygen atoms in total. The summed E-state index contributed by atoms with van der Waals surface area (Å²) in [5, 5.41) is 4.21. The smallest absolute Gasteiger partial charge is 0.0362 e. The maximum atomic E-state index is 5.39. The maximum Gasteiger partial charge on any atom is 0.0362 e. The second-order valence-corrected chi connectivity index (χ2v) is 2.35. The standard InChI is InChI=1S/C6H12NO/c1-5-3-7-4-6(2)8-5/h5-6H,3-4H2,1-2H3/q-1/t5-,6-/m1/s1. The van der Waals surface area contributed by atoms with E-state index >= 15 is 0 Å². The predicted molar refractivity (Wildman–Crippen MR) is 33.1 cm³/mol. The summed E-state index contributed by atoms with van der Waals surface area (Å²) in [5.41, 5.74) is 0. The van der Waals surface area contributed by atoms with Crippen LogP contribution in [0.5, 0.6) is 0 Å². The average molecular weight is 114 g/mol. The van der Waals surface area contributed by atoms with Crippen LogP contribution < -0.4 is 0 Å². The van der Waals surface area contributed by atoms with E-state index in [2.05, 4.69) is 19.2 Å². The van der Waals surface area contributed by atoms with Crippen LogP contribution in [0.1, 0.15) is 13.8 Å². The van der Waals surface area contributed by atoms with E-state index in [1.807, 2.05) is 0 Å². The van der Waals surface area contributed by atoms with E-state index in [0.29, 0.717) is 12.2 Å². The van der Waals surface area contributed by atoms with Crippen LogP contribution in [-0.2, 0) is 4.74 Å². The first kappa shape index (κ1) is 6.05. The Morgan fingerprint density at radius 1 is 1.25 bits per heavy atom. The highest BCUT2D eigenvalue weighted by molar-refractivity contribution is 4.89. The lowest BCUT2D eigenvalue weighted by molar-refractivity contribution is 0.00899. The molecule has 0 aromatic carbocycles. The van der Waals surface area contributed by atoms with Crippen LogP contribution in [0, 0.1) is 0 Å². The largest absolute Gasteiger partial charge is 0.658 e. The fraction of sp³-hybridized carbons (Fsp3) is 1.00. The number of rotatable bonds is 0. The van der Waals surface area contributed by atoms with Gasteiger partial charge in [0.1, 0.15) is 0 Å². The number of morpholine rings is 1. The Kier molecular flexibility index (Phi) is 1.86. The van der Waals surface area contributed by atoms with Gasteiger partial charge in [-0.3, -0.25) is 0 Å². The van der Waals surface area contributed by atoms with Crippen LogP contribution in [0.4, 0.5) is 0 Å². The Bertz CT molecular complexity index is 66.9. The van der Waals surface area contributed by atoms with E-state index in [-0.39, 0.29) is 0 Å². The lowest BCUT2D eigenvalue weighted by atomic mass is 10.3. The van der Waals surface area contributed by atoms with Crippen LogP contribution in [-0.4, -0.2) is 25.3 Å². The molecule has 2 heteroatoms. The van der Waals surface area contributed by atoms with E-state index < -0.39 is 0 Å². The molecule has 0 spiro atoms. The van der Waals surface area contributed by atoms with Gasteiger partial charge in [0.25, 0.3) is 0 Å². The summed E-state index contributed by atoms with van der Waals surface area (Å²) < 4.78 is 5.39. The van der Waals surface area contributed by atoms with Gasteiger partial charge in [0.2, 0.25) is 0 Å². The summed E-state index contributed by atoms with van der Waals surface area (Å²) in [6, 6.07) is 0. The first-order valence-corrected chi connectivity index (χ1v) is 3.08. The van der Waals surface area contributed by atoms with Crippen molar-refractivity contribution in [1.29, 1.82) is 0 Å². The fourth-order valence-corrected chi connectivity index (χ4v) is 0.921. The van der Waals surface area contributed by atoms with Crippen molar-refractivity contribution in [2.24, 2.45) is 0 Å². The molecule has 0 saturated carbocycles. The third-order valence-corrected chi connectivity index (χ3v) is 1.24. The van der Waals surface area contributed by atoms with Crippen LogP contribution in [0.25, 0.3) is 5.32 Å². The Morgan fingerprint density at radius 2 is 1.75 bits per heavy atom. The highest BCUT2D eigenvalue weighted by atomic mass is 16.5. The third-order valence-electron chi connectivity index (χ3n) is 1.24. The van der Waals surface area contributed by atoms with Crippen LogP contribution in [0.3, 0.4) is 0 Å². The topological polar surface area (TPSA) is 23.3 Å². The van der Waals surface area contributed by atoms with Gasteiger partial charge in [-0.2, -0.15) is 0 Å². The first-order valence-electron chi connectivity index (χ1n) is 3.08. The number of hydrogen-bond acceptors (Lipinski definition) is 1. The molecule has 1 aliphatic rings. The second kappa shape index (κ2) is 2.46. The lowest BCUT2D eigenvalue weighted by Gasteiger charge is -2.35. The molecule has 0 unspecified atom stereocenters. The van der Waals surface area contributed by atoms with Crippen molar-refractivity contribution in [3.8, 4) is 0 Å². The van der Waals surface area contributed by atoms with Crippen molar-refractivity contribution in [2.75, 3.05) is 13.1 Å². The summed E-state index contributed by atoms with van der Waals surface area (Å²) >= 11 is 0. The summed E-state index contributed by atoms with van der Waals surface area (Å²) in [7, 11) is 0. The van der Waals surface area contributed by atoms with Crippen molar-refractivity contribution in [3.05, 3.63) is 5.32 Å². The molecule has 0 N–H and O–H groups in total. The summed E-state index contributed by atoms with van der Waals surface area (Å²) in [4.78, 5) is 0. The Balaban J connectivity index is 2.23. The molecule has 0 aliphatic carbocycles. The Labute approximate surface area is 50.2 Å². The van der Waals surface area contributed by atoms with Gasteiger partial charge in [0.05, 0.1) is 0 Å². The van der Waals surface area contributed by atoms with Gasteiger partial charge in [0.15, 0.2) is 0 Å². The third kappa shape index (κ3) is 1.46. The van der Waals surface area contributed by atoms with Gasteiger partial charge >= 0.3 is 0 Å². The first-order chi connectivity index (χ1) is 3.79. The second-order valence-electron chi connectivity index (χ2n) is 2.35. The predicted octanol–water partition coefficient (Wildman–Crippen LogP) is 1.17. The zero-order chi connectivity index (χ0) is 5.98. The molecule has 48 valence electrons. The normalized spacial score (nSPS) is 39.8. The molecular formula is C6H12NO-. The monoisotopic (exact) mass is 114 g/mol. The average Bonchev–Trinajstić information content (AvgIpc) is 1.64. The zero-order valence-corrected chi connectivity index (χ0v) is 5.42. The van der Waals surface area contributed by atoms with Crippen LogP contribution >= 0.6 is 0 Å². The van der Waals surface area contributed by atoms with Crippen molar-refractivity contribution in [3.63, 3.8) is 0 Å². The highest BCUT2D eigenvalue weighted by Crippen LogP contribution is 2.09. The minimum atomic E-state index is 0.346. The zero-order valence-electron chi connectivity index (χ0n) is 5.42.